The standard InChI is InChI=1S/C16H22ClNO/c1-10(18)16(7-8-16)14-12-6-4-2-3-5-11(12)9-13(17)15(14)19/h9-10,19H,2-8,18H2,1H3. The Bertz CT molecular complexity index is 506. The number of benzene rings is 1. The van der Waals surface area contributed by atoms with Crippen molar-refractivity contribution in [2.24, 2.45) is 5.73 Å². The topological polar surface area (TPSA) is 46.2 Å². The van der Waals surface area contributed by atoms with Gasteiger partial charge in [-0.3, -0.25) is 0 Å². The molecule has 2 nitrogen and oxygen atoms in total. The number of hydrogen-bond acceptors (Lipinski definition) is 2. The van der Waals surface area contributed by atoms with E-state index in [0.29, 0.717) is 5.02 Å². The van der Waals surface area contributed by atoms with Gasteiger partial charge in [0.15, 0.2) is 0 Å². The molecule has 0 saturated heterocycles. The fraction of sp³-hybridized carbons (Fsp3) is 0.625. The number of hydrogen-bond donors (Lipinski definition) is 2. The molecule has 0 heterocycles. The zero-order valence-electron chi connectivity index (χ0n) is 11.5. The van der Waals surface area contributed by atoms with Crippen LogP contribution in [0, 0.1) is 0 Å². The highest BCUT2D eigenvalue weighted by Crippen LogP contribution is 2.56. The van der Waals surface area contributed by atoms with Crippen molar-refractivity contribution in [3.05, 3.63) is 27.8 Å². The molecule has 3 heteroatoms. The first-order chi connectivity index (χ1) is 9.06. The molecule has 1 aromatic rings. The Morgan fingerprint density at radius 2 is 1.95 bits per heavy atom. The Morgan fingerprint density at radius 1 is 1.26 bits per heavy atom. The van der Waals surface area contributed by atoms with E-state index in [2.05, 4.69) is 6.92 Å². The van der Waals surface area contributed by atoms with E-state index in [-0.39, 0.29) is 17.2 Å². The predicted octanol–water partition coefficient (Wildman–Crippen LogP) is 3.69. The van der Waals surface area contributed by atoms with Gasteiger partial charge in [0.2, 0.25) is 0 Å². The summed E-state index contributed by atoms with van der Waals surface area (Å²) in [5, 5.41) is 11.0. The quantitative estimate of drug-likeness (QED) is 0.811. The van der Waals surface area contributed by atoms with Crippen molar-refractivity contribution >= 4 is 11.6 Å². The maximum Gasteiger partial charge on any atom is 0.138 e. The molecule has 0 bridgehead atoms. The Kier molecular flexibility index (Phi) is 3.26. The van der Waals surface area contributed by atoms with Crippen LogP contribution in [0.5, 0.6) is 5.75 Å². The average molecular weight is 280 g/mol. The molecular formula is C16H22ClNO. The Balaban J connectivity index is 2.19. The molecule has 2 aliphatic rings. The number of phenols is 1. The van der Waals surface area contributed by atoms with Crippen molar-refractivity contribution < 1.29 is 5.11 Å². The highest BCUT2D eigenvalue weighted by atomic mass is 35.5. The number of fused-ring (bicyclic) bond motifs is 1. The molecule has 0 aromatic heterocycles. The molecule has 1 aromatic carbocycles. The molecule has 0 aliphatic heterocycles. The lowest BCUT2D eigenvalue weighted by atomic mass is 9.82. The lowest BCUT2D eigenvalue weighted by Crippen LogP contribution is -2.32. The maximum atomic E-state index is 10.5. The number of rotatable bonds is 2. The Hall–Kier alpha value is -0.730. The minimum absolute atomic E-state index is 0.0244. The Labute approximate surface area is 120 Å². The third-order valence-corrected chi connectivity index (χ3v) is 5.27. The maximum absolute atomic E-state index is 10.5. The normalized spacial score (nSPS) is 22.5. The number of nitrogens with two attached hydrogens (primary N) is 1. The first-order valence-electron chi connectivity index (χ1n) is 7.35. The first kappa shape index (κ1) is 13.3. The van der Waals surface area contributed by atoms with Gasteiger partial charge in [-0.1, -0.05) is 18.0 Å². The second-order valence-corrected chi connectivity index (χ2v) is 6.63. The van der Waals surface area contributed by atoms with Crippen LogP contribution in [-0.4, -0.2) is 11.1 Å². The minimum atomic E-state index is -0.0244. The van der Waals surface area contributed by atoms with Crippen molar-refractivity contribution in [3.63, 3.8) is 0 Å². The van der Waals surface area contributed by atoms with Gasteiger partial charge in [0.25, 0.3) is 0 Å². The molecule has 1 fully saturated rings. The van der Waals surface area contributed by atoms with Crippen LogP contribution in [0.1, 0.15) is 55.7 Å². The highest BCUT2D eigenvalue weighted by molar-refractivity contribution is 6.32. The number of halogens is 1. The van der Waals surface area contributed by atoms with Crippen molar-refractivity contribution in [1.82, 2.24) is 0 Å². The zero-order chi connectivity index (χ0) is 13.6. The lowest BCUT2D eigenvalue weighted by Gasteiger charge is -2.26. The summed E-state index contributed by atoms with van der Waals surface area (Å²) in [6.45, 7) is 2.05. The fourth-order valence-corrected chi connectivity index (χ4v) is 3.86. The van der Waals surface area contributed by atoms with Crippen molar-refractivity contribution in [1.29, 1.82) is 0 Å². The van der Waals surface area contributed by atoms with E-state index in [1.54, 1.807) is 0 Å². The summed E-state index contributed by atoms with van der Waals surface area (Å²) in [7, 11) is 0. The van der Waals surface area contributed by atoms with Crippen LogP contribution >= 0.6 is 11.6 Å². The summed E-state index contributed by atoms with van der Waals surface area (Å²) in [6.07, 6.45) is 7.98. The van der Waals surface area contributed by atoms with Gasteiger partial charge in [0, 0.05) is 17.0 Å². The van der Waals surface area contributed by atoms with Gasteiger partial charge >= 0.3 is 0 Å². The summed E-state index contributed by atoms with van der Waals surface area (Å²) in [5.74, 6) is 0.289. The van der Waals surface area contributed by atoms with Crippen molar-refractivity contribution in [2.75, 3.05) is 0 Å². The third-order valence-electron chi connectivity index (χ3n) is 4.98. The van der Waals surface area contributed by atoms with Crippen LogP contribution in [0.2, 0.25) is 5.02 Å². The number of aryl methyl sites for hydroxylation is 1. The monoisotopic (exact) mass is 279 g/mol. The first-order valence-corrected chi connectivity index (χ1v) is 7.73. The molecule has 104 valence electrons. The van der Waals surface area contributed by atoms with Gasteiger partial charge in [0.1, 0.15) is 5.75 Å². The Morgan fingerprint density at radius 3 is 2.58 bits per heavy atom. The summed E-state index contributed by atoms with van der Waals surface area (Å²) in [5.41, 5.74) is 9.93. The van der Waals surface area contributed by atoms with Crippen LogP contribution in [0.25, 0.3) is 0 Å². The average Bonchev–Trinajstić information content (AvgIpc) is 3.15. The van der Waals surface area contributed by atoms with E-state index in [1.807, 2.05) is 6.07 Å². The van der Waals surface area contributed by atoms with E-state index < -0.39 is 0 Å². The van der Waals surface area contributed by atoms with E-state index in [4.69, 9.17) is 17.3 Å². The predicted molar refractivity (Wildman–Crippen MR) is 78.9 cm³/mol. The third kappa shape index (κ3) is 2.05. The molecule has 2 aliphatic carbocycles. The molecule has 0 amide bonds. The molecule has 0 radical (unpaired) electrons. The van der Waals surface area contributed by atoms with Crippen molar-refractivity contribution in [2.45, 2.75) is 63.3 Å². The molecule has 3 N–H and O–H groups in total. The summed E-state index contributed by atoms with van der Waals surface area (Å²) in [4.78, 5) is 0. The van der Waals surface area contributed by atoms with Gasteiger partial charge in [-0.25, -0.2) is 0 Å². The highest BCUT2D eigenvalue weighted by Gasteiger charge is 2.50. The molecule has 0 spiro atoms. The van der Waals surface area contributed by atoms with E-state index in [0.717, 1.165) is 31.2 Å². The van der Waals surface area contributed by atoms with Gasteiger partial charge in [-0.05, 0) is 62.6 Å². The number of phenolic OH excluding ortho intramolecular Hbond substituents is 1. The fourth-order valence-electron chi connectivity index (χ4n) is 3.64. The van der Waals surface area contributed by atoms with Gasteiger partial charge in [-0.2, -0.15) is 0 Å². The van der Waals surface area contributed by atoms with Crippen LogP contribution in [0.4, 0.5) is 0 Å². The smallest absolute Gasteiger partial charge is 0.138 e. The van der Waals surface area contributed by atoms with Crippen LogP contribution in [-0.2, 0) is 18.3 Å². The largest absolute Gasteiger partial charge is 0.506 e. The molecule has 1 saturated carbocycles. The van der Waals surface area contributed by atoms with Gasteiger partial charge in [0.05, 0.1) is 5.02 Å². The summed E-state index contributed by atoms with van der Waals surface area (Å²) in [6, 6.07) is 2.04. The molecule has 19 heavy (non-hydrogen) atoms. The van der Waals surface area contributed by atoms with Gasteiger partial charge in [-0.15, -0.1) is 0 Å². The molecule has 1 atom stereocenters. The molecule has 1 unspecified atom stereocenters. The molecular weight excluding hydrogens is 258 g/mol. The second-order valence-electron chi connectivity index (χ2n) is 6.23. The molecule has 3 rings (SSSR count). The van der Waals surface area contributed by atoms with E-state index in [1.165, 1.54) is 30.4 Å². The van der Waals surface area contributed by atoms with Crippen molar-refractivity contribution in [3.8, 4) is 5.75 Å². The SMILES string of the molecule is CC(N)C1(c2c(O)c(Cl)cc3c2CCCCC3)CC1. The number of aromatic hydroxyl groups is 1. The lowest BCUT2D eigenvalue weighted by molar-refractivity contribution is 0.444. The zero-order valence-corrected chi connectivity index (χ0v) is 12.3. The summed E-state index contributed by atoms with van der Waals surface area (Å²) < 4.78 is 0. The van der Waals surface area contributed by atoms with Crippen LogP contribution in [0.15, 0.2) is 6.07 Å². The second kappa shape index (κ2) is 4.68. The van der Waals surface area contributed by atoms with E-state index >= 15 is 0 Å². The van der Waals surface area contributed by atoms with Gasteiger partial charge < -0.3 is 10.8 Å². The van der Waals surface area contributed by atoms with E-state index in [9.17, 15) is 5.11 Å². The summed E-state index contributed by atoms with van der Waals surface area (Å²) >= 11 is 6.25. The van der Waals surface area contributed by atoms with Crippen LogP contribution < -0.4 is 5.73 Å². The van der Waals surface area contributed by atoms with Crippen LogP contribution in [0.3, 0.4) is 0 Å². The minimum Gasteiger partial charge on any atom is -0.506 e.